The number of piperidine rings is 1. The fraction of sp³-hybridized carbons (Fsp3) is 0.524. The molecule has 0 saturated carbocycles. The Labute approximate surface area is 171 Å². The van der Waals surface area contributed by atoms with Crippen molar-refractivity contribution in [3.8, 4) is 6.07 Å². The van der Waals surface area contributed by atoms with Crippen LogP contribution in [0.15, 0.2) is 30.3 Å². The molecular weight excluding hydrogens is 370 g/mol. The van der Waals surface area contributed by atoms with Gasteiger partial charge in [0.05, 0.1) is 12.0 Å². The number of nitrogens with two attached hydrogens (primary N) is 1. The van der Waals surface area contributed by atoms with Crippen molar-refractivity contribution in [2.24, 2.45) is 23.5 Å². The molecule has 2 rings (SSSR count). The normalized spacial score (nSPS) is 19.9. The highest BCUT2D eigenvalue weighted by Crippen LogP contribution is 2.32. The van der Waals surface area contributed by atoms with E-state index >= 15 is 0 Å². The minimum Gasteiger partial charge on any atom is -0.351 e. The standard InChI is InChI=1S/C21H29N5O3/c1-14(2)12-17(20(28)24-10-9-22)18-13-15(8-11-26(18)21(23)29)19(27)25-16-6-4-3-5-7-16/h3-7,14-15,17-18H,8,10-13H2,1-2H3,(H2,23,29)(H,24,28)(H,25,27). The predicted octanol–water partition coefficient (Wildman–Crippen LogP) is 2.09. The van der Waals surface area contributed by atoms with Crippen LogP contribution in [-0.4, -0.2) is 41.9 Å². The molecule has 3 unspecified atom stereocenters. The quantitative estimate of drug-likeness (QED) is 0.606. The summed E-state index contributed by atoms with van der Waals surface area (Å²) in [7, 11) is 0. The second kappa shape index (κ2) is 10.5. The summed E-state index contributed by atoms with van der Waals surface area (Å²) < 4.78 is 0. The van der Waals surface area contributed by atoms with Gasteiger partial charge >= 0.3 is 6.03 Å². The Kier molecular flexibility index (Phi) is 8.01. The molecule has 0 aromatic heterocycles. The number of urea groups is 1. The van der Waals surface area contributed by atoms with Crippen LogP contribution in [-0.2, 0) is 9.59 Å². The molecule has 0 bridgehead atoms. The Hall–Kier alpha value is -3.08. The molecule has 8 heteroatoms. The molecule has 1 fully saturated rings. The summed E-state index contributed by atoms with van der Waals surface area (Å²) >= 11 is 0. The Morgan fingerprint density at radius 1 is 1.28 bits per heavy atom. The highest BCUT2D eigenvalue weighted by atomic mass is 16.2. The molecule has 4 amide bonds. The van der Waals surface area contributed by atoms with E-state index in [1.807, 2.05) is 50.2 Å². The number of nitrogens with zero attached hydrogens (tertiary/aromatic N) is 2. The summed E-state index contributed by atoms with van der Waals surface area (Å²) in [6.45, 7) is 4.19. The third-order valence-electron chi connectivity index (χ3n) is 5.21. The van der Waals surface area contributed by atoms with Crippen LogP contribution in [0, 0.1) is 29.1 Å². The average molecular weight is 399 g/mol. The second-order valence-corrected chi connectivity index (χ2v) is 7.79. The van der Waals surface area contributed by atoms with Gasteiger partial charge in [-0.25, -0.2) is 4.79 Å². The first-order chi connectivity index (χ1) is 13.8. The largest absolute Gasteiger partial charge is 0.351 e. The van der Waals surface area contributed by atoms with Gasteiger partial charge in [-0.1, -0.05) is 32.0 Å². The van der Waals surface area contributed by atoms with Gasteiger partial charge < -0.3 is 21.3 Å². The Morgan fingerprint density at radius 3 is 2.55 bits per heavy atom. The van der Waals surface area contributed by atoms with Crippen LogP contribution in [0.5, 0.6) is 0 Å². The topological polar surface area (TPSA) is 128 Å². The number of carbonyl (C=O) groups is 3. The number of benzene rings is 1. The number of primary amides is 1. The van der Waals surface area contributed by atoms with Crippen molar-refractivity contribution < 1.29 is 14.4 Å². The van der Waals surface area contributed by atoms with E-state index in [1.165, 1.54) is 4.90 Å². The fourth-order valence-corrected chi connectivity index (χ4v) is 3.86. The Balaban J connectivity index is 2.20. The summed E-state index contributed by atoms with van der Waals surface area (Å²) in [5.41, 5.74) is 6.28. The van der Waals surface area contributed by atoms with E-state index in [0.29, 0.717) is 31.5 Å². The number of likely N-dealkylation sites (tertiary alicyclic amines) is 1. The highest BCUT2D eigenvalue weighted by Gasteiger charge is 2.41. The van der Waals surface area contributed by atoms with Gasteiger partial charge in [-0.3, -0.25) is 9.59 Å². The zero-order valence-corrected chi connectivity index (χ0v) is 16.9. The molecule has 1 heterocycles. The lowest BCUT2D eigenvalue weighted by molar-refractivity contribution is -0.130. The van der Waals surface area contributed by atoms with Crippen molar-refractivity contribution in [1.82, 2.24) is 10.2 Å². The van der Waals surface area contributed by atoms with Gasteiger partial charge in [0.2, 0.25) is 11.8 Å². The summed E-state index contributed by atoms with van der Waals surface area (Å²) in [5.74, 6) is -1.11. The highest BCUT2D eigenvalue weighted by molar-refractivity contribution is 5.93. The lowest BCUT2D eigenvalue weighted by Gasteiger charge is -2.42. The number of nitriles is 1. The fourth-order valence-electron chi connectivity index (χ4n) is 3.86. The van der Waals surface area contributed by atoms with Crippen LogP contribution < -0.4 is 16.4 Å². The molecule has 0 spiro atoms. The van der Waals surface area contributed by atoms with Crippen molar-refractivity contribution >= 4 is 23.5 Å². The lowest BCUT2D eigenvalue weighted by atomic mass is 9.79. The van der Waals surface area contributed by atoms with Gasteiger partial charge in [0.1, 0.15) is 6.54 Å². The Bertz CT molecular complexity index is 759. The number of carbonyl (C=O) groups excluding carboxylic acids is 3. The molecule has 8 nitrogen and oxygen atoms in total. The van der Waals surface area contributed by atoms with E-state index in [0.717, 1.165) is 0 Å². The van der Waals surface area contributed by atoms with E-state index < -0.39 is 18.0 Å². The predicted molar refractivity (Wildman–Crippen MR) is 109 cm³/mol. The number of amides is 4. The Morgan fingerprint density at radius 2 is 1.97 bits per heavy atom. The van der Waals surface area contributed by atoms with Crippen LogP contribution in [0.25, 0.3) is 0 Å². The van der Waals surface area contributed by atoms with Gasteiger partial charge in [0, 0.05) is 24.2 Å². The maximum atomic E-state index is 12.8. The minimum absolute atomic E-state index is 0.103. The van der Waals surface area contributed by atoms with Gasteiger partial charge in [-0.15, -0.1) is 0 Å². The van der Waals surface area contributed by atoms with Gasteiger partial charge in [0.25, 0.3) is 0 Å². The van der Waals surface area contributed by atoms with E-state index in [-0.39, 0.29) is 30.2 Å². The van der Waals surface area contributed by atoms with E-state index in [4.69, 9.17) is 11.0 Å². The van der Waals surface area contributed by atoms with Crippen molar-refractivity contribution in [2.75, 3.05) is 18.4 Å². The first kappa shape index (κ1) is 22.2. The molecular formula is C21H29N5O3. The van der Waals surface area contributed by atoms with Gasteiger partial charge in [-0.2, -0.15) is 5.26 Å². The van der Waals surface area contributed by atoms with E-state index in [2.05, 4.69) is 10.6 Å². The monoisotopic (exact) mass is 399 g/mol. The zero-order chi connectivity index (χ0) is 21.4. The molecule has 1 aromatic carbocycles. The van der Waals surface area contributed by atoms with Crippen molar-refractivity contribution in [2.45, 2.75) is 39.2 Å². The maximum absolute atomic E-state index is 12.8. The second-order valence-electron chi connectivity index (χ2n) is 7.79. The molecule has 0 radical (unpaired) electrons. The van der Waals surface area contributed by atoms with Crippen LogP contribution >= 0.6 is 0 Å². The number of rotatable bonds is 7. The van der Waals surface area contributed by atoms with Crippen LogP contribution in [0.4, 0.5) is 10.5 Å². The van der Waals surface area contributed by atoms with E-state index in [9.17, 15) is 14.4 Å². The number of hydrogen-bond acceptors (Lipinski definition) is 4. The molecule has 156 valence electrons. The van der Waals surface area contributed by atoms with E-state index in [1.54, 1.807) is 0 Å². The van der Waals surface area contributed by atoms with Crippen LogP contribution in [0.2, 0.25) is 0 Å². The molecule has 1 aromatic rings. The number of para-hydroxylation sites is 1. The summed E-state index contributed by atoms with van der Waals surface area (Å²) in [5, 5.41) is 14.3. The molecule has 29 heavy (non-hydrogen) atoms. The van der Waals surface area contributed by atoms with Gasteiger partial charge in [0.15, 0.2) is 0 Å². The van der Waals surface area contributed by atoms with Crippen LogP contribution in [0.3, 0.4) is 0 Å². The third-order valence-corrected chi connectivity index (χ3v) is 5.21. The first-order valence-corrected chi connectivity index (χ1v) is 9.90. The van der Waals surface area contributed by atoms with Crippen molar-refractivity contribution in [1.29, 1.82) is 5.26 Å². The first-order valence-electron chi connectivity index (χ1n) is 9.90. The zero-order valence-electron chi connectivity index (χ0n) is 16.9. The minimum atomic E-state index is -0.598. The van der Waals surface area contributed by atoms with Crippen LogP contribution in [0.1, 0.15) is 33.1 Å². The summed E-state index contributed by atoms with van der Waals surface area (Å²) in [6.07, 6.45) is 1.35. The SMILES string of the molecule is CC(C)CC(C(=O)NCC#N)C1CC(C(=O)Nc2ccccc2)CCN1C(N)=O. The summed E-state index contributed by atoms with van der Waals surface area (Å²) in [4.78, 5) is 39.0. The molecule has 1 saturated heterocycles. The molecule has 4 N–H and O–H groups in total. The molecule has 1 aliphatic heterocycles. The summed E-state index contributed by atoms with van der Waals surface area (Å²) in [6, 6.07) is 9.97. The molecule has 0 aliphatic carbocycles. The lowest BCUT2D eigenvalue weighted by Crippen LogP contribution is -2.56. The third kappa shape index (κ3) is 6.21. The maximum Gasteiger partial charge on any atom is 0.315 e. The number of hydrogen-bond donors (Lipinski definition) is 3. The average Bonchev–Trinajstić information content (AvgIpc) is 2.70. The number of nitrogens with one attached hydrogen (secondary N) is 2. The van der Waals surface area contributed by atoms with Crippen molar-refractivity contribution in [3.63, 3.8) is 0 Å². The molecule has 3 atom stereocenters. The smallest absolute Gasteiger partial charge is 0.315 e. The molecule has 1 aliphatic rings. The van der Waals surface area contributed by atoms with Crippen molar-refractivity contribution in [3.05, 3.63) is 30.3 Å². The van der Waals surface area contributed by atoms with Gasteiger partial charge in [-0.05, 0) is 37.3 Å². The number of anilines is 1.